The van der Waals surface area contributed by atoms with Gasteiger partial charge in [-0.25, -0.2) is 0 Å². The fourth-order valence-electron chi connectivity index (χ4n) is 2.41. The van der Waals surface area contributed by atoms with E-state index in [1.807, 2.05) is 45.0 Å². The second-order valence-corrected chi connectivity index (χ2v) is 7.87. The van der Waals surface area contributed by atoms with Crippen LogP contribution in [0.15, 0.2) is 36.4 Å². The molecule has 0 aromatic heterocycles. The Morgan fingerprint density at radius 2 is 1.52 bits per heavy atom. The van der Waals surface area contributed by atoms with Gasteiger partial charge in [-0.05, 0) is 42.2 Å². The minimum absolute atomic E-state index is 0.0582. The number of rotatable bonds is 5. The van der Waals surface area contributed by atoms with Crippen LogP contribution in [0.3, 0.4) is 0 Å². The molecule has 0 aliphatic heterocycles. The lowest BCUT2D eigenvalue weighted by Crippen LogP contribution is -2.34. The van der Waals surface area contributed by atoms with E-state index in [0.717, 1.165) is 16.3 Å². The molecule has 0 fully saturated rings. The molecule has 0 unspecified atom stereocenters. The van der Waals surface area contributed by atoms with Crippen LogP contribution in [0.1, 0.15) is 43.0 Å². The summed E-state index contributed by atoms with van der Waals surface area (Å²) in [6.07, 6.45) is 0. The molecule has 0 aliphatic rings. The number of aryl methyl sites for hydroxylation is 1. The number of amides is 1. The molecule has 0 saturated heterocycles. The highest BCUT2D eigenvalue weighted by Crippen LogP contribution is 2.28. The van der Waals surface area contributed by atoms with Crippen LogP contribution in [0, 0.1) is 19.3 Å². The second-order valence-electron chi connectivity index (χ2n) is 7.47. The van der Waals surface area contributed by atoms with Gasteiger partial charge in [-0.2, -0.15) is 0 Å². The summed E-state index contributed by atoms with van der Waals surface area (Å²) in [5.41, 5.74) is 5.28. The number of benzene rings is 2. The Morgan fingerprint density at radius 1 is 0.960 bits per heavy atom. The maximum atomic E-state index is 11.9. The zero-order valence-corrected chi connectivity index (χ0v) is 16.4. The van der Waals surface area contributed by atoms with Crippen molar-refractivity contribution in [3.05, 3.63) is 63.7 Å². The second kappa shape index (κ2) is 7.92. The minimum Gasteiger partial charge on any atom is -0.380 e. The first kappa shape index (κ1) is 19.3. The topological polar surface area (TPSA) is 41.1 Å². The normalized spacial score (nSPS) is 11.3. The van der Waals surface area contributed by atoms with Crippen molar-refractivity contribution < 1.29 is 4.79 Å². The van der Waals surface area contributed by atoms with Gasteiger partial charge >= 0.3 is 0 Å². The predicted octanol–water partition coefficient (Wildman–Crippen LogP) is 5.23. The Kier molecular flexibility index (Phi) is 6.12. The molecule has 2 N–H and O–H groups in total. The summed E-state index contributed by atoms with van der Waals surface area (Å²) in [5.74, 6) is 0.0582. The molecule has 134 valence electrons. The molecule has 1 amide bonds. The third-order valence-corrected chi connectivity index (χ3v) is 4.63. The number of anilines is 1. The molecule has 4 heteroatoms. The number of carbonyl (C=O) groups excluding carboxylic acids is 1. The summed E-state index contributed by atoms with van der Waals surface area (Å²) in [6.45, 7) is 11.1. The van der Waals surface area contributed by atoms with Crippen molar-refractivity contribution in [1.29, 1.82) is 0 Å². The zero-order chi connectivity index (χ0) is 18.6. The van der Waals surface area contributed by atoms with E-state index in [-0.39, 0.29) is 11.3 Å². The average Bonchev–Trinajstić information content (AvgIpc) is 2.56. The van der Waals surface area contributed by atoms with Gasteiger partial charge in [0.15, 0.2) is 0 Å². The average molecular weight is 359 g/mol. The zero-order valence-electron chi connectivity index (χ0n) is 15.7. The van der Waals surface area contributed by atoms with E-state index in [4.69, 9.17) is 11.6 Å². The summed E-state index contributed by atoms with van der Waals surface area (Å²) in [6, 6.07) is 12.2. The van der Waals surface area contributed by atoms with Crippen LogP contribution in [-0.2, 0) is 17.9 Å². The monoisotopic (exact) mass is 358 g/mol. The van der Waals surface area contributed by atoms with Crippen molar-refractivity contribution >= 4 is 23.2 Å². The van der Waals surface area contributed by atoms with Crippen molar-refractivity contribution in [2.75, 3.05) is 5.32 Å². The minimum atomic E-state index is -0.366. The maximum Gasteiger partial charge on any atom is 0.225 e. The lowest BCUT2D eigenvalue weighted by molar-refractivity contribution is -0.128. The Hall–Kier alpha value is -2.00. The Labute approximate surface area is 155 Å². The van der Waals surface area contributed by atoms with E-state index < -0.39 is 0 Å². The van der Waals surface area contributed by atoms with Gasteiger partial charge in [-0.3, -0.25) is 4.79 Å². The van der Waals surface area contributed by atoms with Gasteiger partial charge in [0.25, 0.3) is 0 Å². The SMILES string of the molecule is Cc1ccc(Cl)c(NCc2ccc(CNC(=O)C(C)(C)C)cc2)c1C. The lowest BCUT2D eigenvalue weighted by atomic mass is 9.95. The number of carbonyl (C=O) groups is 1. The van der Waals surface area contributed by atoms with Crippen LogP contribution in [-0.4, -0.2) is 5.91 Å². The summed E-state index contributed by atoms with van der Waals surface area (Å²) >= 11 is 6.30. The Balaban J connectivity index is 1.95. The molecule has 25 heavy (non-hydrogen) atoms. The molecule has 0 heterocycles. The molecular weight excluding hydrogens is 332 g/mol. The van der Waals surface area contributed by atoms with Crippen LogP contribution in [0.4, 0.5) is 5.69 Å². The molecule has 0 aliphatic carbocycles. The standard InChI is InChI=1S/C21H27ClN2O/c1-14-6-11-18(22)19(15(14)2)23-12-16-7-9-17(10-8-16)13-24-20(25)21(3,4)5/h6-11,23H,12-13H2,1-5H3,(H,24,25). The molecule has 2 aromatic carbocycles. The molecule has 0 saturated carbocycles. The van der Waals surface area contributed by atoms with E-state index in [0.29, 0.717) is 13.1 Å². The molecule has 0 radical (unpaired) electrons. The van der Waals surface area contributed by atoms with Crippen molar-refractivity contribution in [2.45, 2.75) is 47.7 Å². The Bertz CT molecular complexity index is 746. The van der Waals surface area contributed by atoms with Crippen molar-refractivity contribution in [3.8, 4) is 0 Å². The summed E-state index contributed by atoms with van der Waals surface area (Å²) in [7, 11) is 0. The maximum absolute atomic E-state index is 11.9. The summed E-state index contributed by atoms with van der Waals surface area (Å²) in [4.78, 5) is 11.9. The van der Waals surface area contributed by atoms with Gasteiger partial charge in [0.2, 0.25) is 5.91 Å². The third-order valence-electron chi connectivity index (χ3n) is 4.31. The third kappa shape index (κ3) is 5.23. The van der Waals surface area contributed by atoms with Crippen LogP contribution in [0.2, 0.25) is 5.02 Å². The first-order valence-electron chi connectivity index (χ1n) is 8.54. The van der Waals surface area contributed by atoms with Crippen LogP contribution >= 0.6 is 11.6 Å². The highest BCUT2D eigenvalue weighted by Gasteiger charge is 2.20. The van der Waals surface area contributed by atoms with Crippen LogP contribution in [0.5, 0.6) is 0 Å². The largest absolute Gasteiger partial charge is 0.380 e. The van der Waals surface area contributed by atoms with Crippen molar-refractivity contribution in [1.82, 2.24) is 5.32 Å². The van der Waals surface area contributed by atoms with Crippen LogP contribution < -0.4 is 10.6 Å². The Morgan fingerprint density at radius 3 is 2.08 bits per heavy atom. The molecular formula is C21H27ClN2O. The number of halogens is 1. The first-order chi connectivity index (χ1) is 11.7. The van der Waals surface area contributed by atoms with E-state index in [9.17, 15) is 4.79 Å². The number of hydrogen-bond donors (Lipinski definition) is 2. The highest BCUT2D eigenvalue weighted by molar-refractivity contribution is 6.33. The summed E-state index contributed by atoms with van der Waals surface area (Å²) in [5, 5.41) is 7.13. The van der Waals surface area contributed by atoms with Crippen LogP contribution in [0.25, 0.3) is 0 Å². The molecule has 2 rings (SSSR count). The van der Waals surface area contributed by atoms with Gasteiger partial charge in [-0.1, -0.05) is 62.7 Å². The molecule has 0 bridgehead atoms. The smallest absolute Gasteiger partial charge is 0.225 e. The predicted molar refractivity (Wildman–Crippen MR) is 106 cm³/mol. The van der Waals surface area contributed by atoms with Crippen molar-refractivity contribution in [3.63, 3.8) is 0 Å². The number of nitrogens with one attached hydrogen (secondary N) is 2. The highest BCUT2D eigenvalue weighted by atomic mass is 35.5. The van der Waals surface area contributed by atoms with Gasteiger partial charge < -0.3 is 10.6 Å². The quantitative estimate of drug-likeness (QED) is 0.768. The van der Waals surface area contributed by atoms with E-state index in [2.05, 4.69) is 36.6 Å². The molecule has 0 spiro atoms. The fourth-order valence-corrected chi connectivity index (χ4v) is 2.68. The summed E-state index contributed by atoms with van der Waals surface area (Å²) < 4.78 is 0. The number of hydrogen-bond acceptors (Lipinski definition) is 2. The van der Waals surface area contributed by atoms with Gasteiger partial charge in [-0.15, -0.1) is 0 Å². The first-order valence-corrected chi connectivity index (χ1v) is 8.92. The molecule has 2 aromatic rings. The van der Waals surface area contributed by atoms with E-state index in [1.165, 1.54) is 16.7 Å². The molecule has 3 nitrogen and oxygen atoms in total. The fraction of sp³-hybridized carbons (Fsp3) is 0.381. The van der Waals surface area contributed by atoms with Gasteiger partial charge in [0, 0.05) is 18.5 Å². The van der Waals surface area contributed by atoms with E-state index >= 15 is 0 Å². The van der Waals surface area contributed by atoms with E-state index in [1.54, 1.807) is 0 Å². The van der Waals surface area contributed by atoms with Crippen molar-refractivity contribution in [2.24, 2.45) is 5.41 Å². The lowest BCUT2D eigenvalue weighted by Gasteiger charge is -2.17. The van der Waals surface area contributed by atoms with Gasteiger partial charge in [0.05, 0.1) is 10.7 Å². The molecule has 0 atom stereocenters. The van der Waals surface area contributed by atoms with Gasteiger partial charge in [0.1, 0.15) is 0 Å².